The lowest BCUT2D eigenvalue weighted by Crippen LogP contribution is -2.56. The summed E-state index contributed by atoms with van der Waals surface area (Å²) in [5.74, 6) is 0.712. The summed E-state index contributed by atoms with van der Waals surface area (Å²) >= 11 is 0. The molecule has 5 nitrogen and oxygen atoms in total. The summed E-state index contributed by atoms with van der Waals surface area (Å²) in [5.41, 5.74) is 1.38. The molecule has 0 aromatic heterocycles. The Labute approximate surface area is 138 Å². The zero-order valence-electron chi connectivity index (χ0n) is 13.7. The van der Waals surface area contributed by atoms with E-state index in [4.69, 9.17) is 0 Å². The van der Waals surface area contributed by atoms with Gasteiger partial charge in [0.15, 0.2) is 0 Å². The molecule has 5 heteroatoms. The third kappa shape index (κ3) is 4.69. The van der Waals surface area contributed by atoms with Crippen LogP contribution < -0.4 is 5.32 Å². The van der Waals surface area contributed by atoms with E-state index in [-0.39, 0.29) is 12.1 Å². The Morgan fingerprint density at radius 3 is 2.52 bits per heavy atom. The van der Waals surface area contributed by atoms with Crippen LogP contribution in [-0.4, -0.2) is 59.8 Å². The Bertz CT molecular complexity index is 494. The SMILES string of the molecule is O=C(NCCC1CCN(Cc2ccccc2)CC1)N1CC(O)C1. The normalized spacial score (nSPS) is 20.3. The Morgan fingerprint density at radius 2 is 1.87 bits per heavy atom. The molecule has 0 radical (unpaired) electrons. The van der Waals surface area contributed by atoms with Gasteiger partial charge in [0, 0.05) is 13.1 Å². The molecule has 1 aromatic rings. The zero-order chi connectivity index (χ0) is 16.1. The van der Waals surface area contributed by atoms with Gasteiger partial charge in [-0.15, -0.1) is 0 Å². The standard InChI is InChI=1S/C18H27N3O2/c22-17-13-21(14-17)18(23)19-9-6-15-7-10-20(11-8-15)12-16-4-2-1-3-5-16/h1-5,15,17,22H,6-14H2,(H,19,23). The lowest BCUT2D eigenvalue weighted by atomic mass is 9.93. The largest absolute Gasteiger partial charge is 0.389 e. The van der Waals surface area contributed by atoms with Crippen molar-refractivity contribution in [2.75, 3.05) is 32.7 Å². The molecule has 126 valence electrons. The molecule has 2 amide bonds. The second-order valence-corrected chi connectivity index (χ2v) is 6.78. The molecule has 2 aliphatic rings. The summed E-state index contributed by atoms with van der Waals surface area (Å²) in [5, 5.41) is 12.2. The van der Waals surface area contributed by atoms with E-state index in [0.29, 0.717) is 19.0 Å². The predicted molar refractivity (Wildman–Crippen MR) is 90.0 cm³/mol. The van der Waals surface area contributed by atoms with Crippen molar-refractivity contribution in [2.45, 2.75) is 31.9 Å². The van der Waals surface area contributed by atoms with Crippen molar-refractivity contribution in [1.82, 2.24) is 15.1 Å². The second kappa shape index (κ2) is 7.79. The molecule has 3 rings (SSSR count). The number of β-amino-alcohol motifs (C(OH)–C–C–N with tert-alkyl or cyclic N) is 1. The summed E-state index contributed by atoms with van der Waals surface area (Å²) in [7, 11) is 0. The fourth-order valence-electron chi connectivity index (χ4n) is 3.39. The van der Waals surface area contributed by atoms with Crippen molar-refractivity contribution in [3.05, 3.63) is 35.9 Å². The Kier molecular flexibility index (Phi) is 5.51. The number of carbonyl (C=O) groups is 1. The number of rotatable bonds is 5. The van der Waals surface area contributed by atoms with Gasteiger partial charge in [-0.2, -0.15) is 0 Å². The Hall–Kier alpha value is -1.59. The number of aliphatic hydroxyl groups is 1. The molecule has 0 unspecified atom stereocenters. The Morgan fingerprint density at radius 1 is 1.17 bits per heavy atom. The maximum atomic E-state index is 11.8. The highest BCUT2D eigenvalue weighted by Gasteiger charge is 2.28. The summed E-state index contributed by atoms with van der Waals surface area (Å²) in [6, 6.07) is 10.6. The van der Waals surface area contributed by atoms with Gasteiger partial charge < -0.3 is 15.3 Å². The number of amides is 2. The first-order valence-electron chi connectivity index (χ1n) is 8.68. The minimum absolute atomic E-state index is 0.0307. The van der Waals surface area contributed by atoms with Crippen molar-refractivity contribution in [2.24, 2.45) is 5.92 Å². The molecule has 0 spiro atoms. The fraction of sp³-hybridized carbons (Fsp3) is 0.611. The van der Waals surface area contributed by atoms with E-state index >= 15 is 0 Å². The number of piperidine rings is 1. The van der Waals surface area contributed by atoms with Gasteiger partial charge in [-0.05, 0) is 43.8 Å². The van der Waals surface area contributed by atoms with Gasteiger partial charge in [0.05, 0.1) is 19.2 Å². The number of carbonyl (C=O) groups excluding carboxylic acids is 1. The number of urea groups is 1. The number of benzene rings is 1. The van der Waals surface area contributed by atoms with Gasteiger partial charge in [-0.25, -0.2) is 4.79 Å². The number of hydrogen-bond donors (Lipinski definition) is 2. The van der Waals surface area contributed by atoms with Gasteiger partial charge in [0.25, 0.3) is 0 Å². The van der Waals surface area contributed by atoms with Gasteiger partial charge in [-0.3, -0.25) is 4.90 Å². The molecule has 2 N–H and O–H groups in total. The van der Waals surface area contributed by atoms with Crippen molar-refractivity contribution in [3.8, 4) is 0 Å². The average Bonchev–Trinajstić information content (AvgIpc) is 2.54. The fourth-order valence-corrected chi connectivity index (χ4v) is 3.39. The highest BCUT2D eigenvalue weighted by atomic mass is 16.3. The van der Waals surface area contributed by atoms with Crippen LogP contribution in [0.4, 0.5) is 4.79 Å². The van der Waals surface area contributed by atoms with Crippen molar-refractivity contribution in [3.63, 3.8) is 0 Å². The van der Waals surface area contributed by atoms with Crippen LogP contribution in [0.2, 0.25) is 0 Å². The quantitative estimate of drug-likeness (QED) is 0.869. The molecule has 0 atom stereocenters. The van der Waals surface area contributed by atoms with Crippen LogP contribution in [0.3, 0.4) is 0 Å². The molecule has 0 aliphatic carbocycles. The number of nitrogens with zero attached hydrogens (tertiary/aromatic N) is 2. The molecule has 2 saturated heterocycles. The minimum atomic E-state index is -0.324. The Balaban J connectivity index is 1.29. The average molecular weight is 317 g/mol. The number of aliphatic hydroxyl groups excluding tert-OH is 1. The third-order valence-electron chi connectivity index (χ3n) is 4.93. The molecule has 1 aromatic carbocycles. The number of likely N-dealkylation sites (tertiary alicyclic amines) is 2. The van der Waals surface area contributed by atoms with Crippen LogP contribution in [0.1, 0.15) is 24.8 Å². The third-order valence-corrected chi connectivity index (χ3v) is 4.93. The van der Waals surface area contributed by atoms with E-state index in [9.17, 15) is 9.90 Å². The number of nitrogens with one attached hydrogen (secondary N) is 1. The van der Waals surface area contributed by atoms with Gasteiger partial charge in [0.2, 0.25) is 0 Å². The first-order valence-corrected chi connectivity index (χ1v) is 8.68. The van der Waals surface area contributed by atoms with Gasteiger partial charge in [-0.1, -0.05) is 30.3 Å². The molecule has 0 saturated carbocycles. The lowest BCUT2D eigenvalue weighted by Gasteiger charge is -2.36. The van der Waals surface area contributed by atoms with E-state index in [0.717, 1.165) is 32.6 Å². The molecule has 0 bridgehead atoms. The topological polar surface area (TPSA) is 55.8 Å². The van der Waals surface area contributed by atoms with E-state index in [1.807, 2.05) is 0 Å². The molecule has 2 aliphatic heterocycles. The predicted octanol–water partition coefficient (Wildman–Crippen LogP) is 1.67. The van der Waals surface area contributed by atoms with Crippen LogP contribution in [0.5, 0.6) is 0 Å². The van der Waals surface area contributed by atoms with Crippen LogP contribution in [0.15, 0.2) is 30.3 Å². The summed E-state index contributed by atoms with van der Waals surface area (Å²) in [4.78, 5) is 15.9. The van der Waals surface area contributed by atoms with Gasteiger partial charge >= 0.3 is 6.03 Å². The summed E-state index contributed by atoms with van der Waals surface area (Å²) in [6.07, 6.45) is 3.16. The van der Waals surface area contributed by atoms with Crippen LogP contribution in [0, 0.1) is 5.92 Å². The van der Waals surface area contributed by atoms with Gasteiger partial charge in [0.1, 0.15) is 0 Å². The van der Waals surface area contributed by atoms with Crippen LogP contribution >= 0.6 is 0 Å². The van der Waals surface area contributed by atoms with Crippen molar-refractivity contribution < 1.29 is 9.90 Å². The first kappa shape index (κ1) is 16.3. The summed E-state index contributed by atoms with van der Waals surface area (Å²) in [6.45, 7) is 5.03. The van der Waals surface area contributed by atoms with E-state index in [1.165, 1.54) is 18.4 Å². The maximum absolute atomic E-state index is 11.8. The summed E-state index contributed by atoms with van der Waals surface area (Å²) < 4.78 is 0. The first-order chi connectivity index (χ1) is 11.2. The second-order valence-electron chi connectivity index (χ2n) is 6.78. The van der Waals surface area contributed by atoms with Crippen LogP contribution in [-0.2, 0) is 6.54 Å². The van der Waals surface area contributed by atoms with Crippen LogP contribution in [0.25, 0.3) is 0 Å². The van der Waals surface area contributed by atoms with E-state index < -0.39 is 0 Å². The van der Waals surface area contributed by atoms with E-state index in [1.54, 1.807) is 4.90 Å². The monoisotopic (exact) mass is 317 g/mol. The lowest BCUT2D eigenvalue weighted by molar-refractivity contribution is 0.0265. The number of hydrogen-bond acceptors (Lipinski definition) is 3. The van der Waals surface area contributed by atoms with Crippen molar-refractivity contribution >= 4 is 6.03 Å². The maximum Gasteiger partial charge on any atom is 0.317 e. The zero-order valence-corrected chi connectivity index (χ0v) is 13.7. The highest BCUT2D eigenvalue weighted by molar-refractivity contribution is 5.75. The molecular weight excluding hydrogens is 290 g/mol. The molecule has 2 fully saturated rings. The van der Waals surface area contributed by atoms with E-state index in [2.05, 4.69) is 40.5 Å². The molecular formula is C18H27N3O2. The molecule has 2 heterocycles. The smallest absolute Gasteiger partial charge is 0.317 e. The van der Waals surface area contributed by atoms with Crippen molar-refractivity contribution in [1.29, 1.82) is 0 Å². The highest BCUT2D eigenvalue weighted by Crippen LogP contribution is 2.21. The molecule has 23 heavy (non-hydrogen) atoms. The minimum Gasteiger partial charge on any atom is -0.389 e.